The number of hydrogen-bond acceptors (Lipinski definition) is 3. The van der Waals surface area contributed by atoms with E-state index in [9.17, 15) is 4.79 Å². The van der Waals surface area contributed by atoms with Crippen molar-refractivity contribution in [1.82, 2.24) is 10.3 Å². The molecule has 1 aromatic rings. The lowest BCUT2D eigenvalue weighted by Gasteiger charge is -2.55. The van der Waals surface area contributed by atoms with Crippen LogP contribution in [0.25, 0.3) is 0 Å². The number of nitrogens with one attached hydrogen (secondary N) is 1. The maximum Gasteiger partial charge on any atom is 0.265 e. The number of amides is 1. The molecule has 3 N–H and O–H groups in total. The minimum absolute atomic E-state index is 0.170. The molecule has 4 rings (SSSR count). The van der Waals surface area contributed by atoms with Crippen molar-refractivity contribution in [2.24, 2.45) is 17.7 Å². The standard InChI is InChI=1S/C19H27N3O/c1-12-17-10-14-5-6-15(18(23)21-20)9-16(14)19(12,2)7-8-22(17)11-13-3-4-13/h5-6,9,12-13,17H,3-4,7-8,10-11,20H2,1-2H3,(H,21,23)/t12-,17+,19+/m0/s1. The Labute approximate surface area is 138 Å². The Kier molecular flexibility index (Phi) is 3.50. The molecule has 0 radical (unpaired) electrons. The zero-order chi connectivity index (χ0) is 16.2. The molecule has 4 nitrogen and oxygen atoms in total. The fourth-order valence-electron chi connectivity index (χ4n) is 4.79. The van der Waals surface area contributed by atoms with Gasteiger partial charge in [-0.25, -0.2) is 5.84 Å². The molecule has 1 saturated carbocycles. The fourth-order valence-corrected chi connectivity index (χ4v) is 4.79. The molecule has 1 amide bonds. The minimum Gasteiger partial charge on any atom is -0.299 e. The number of hydrogen-bond donors (Lipinski definition) is 2. The van der Waals surface area contributed by atoms with E-state index in [0.29, 0.717) is 17.5 Å². The molecule has 23 heavy (non-hydrogen) atoms. The number of carbonyl (C=O) groups is 1. The summed E-state index contributed by atoms with van der Waals surface area (Å²) in [6.45, 7) is 7.27. The van der Waals surface area contributed by atoms with Crippen LogP contribution in [0.4, 0.5) is 0 Å². The van der Waals surface area contributed by atoms with Gasteiger partial charge < -0.3 is 0 Å². The van der Waals surface area contributed by atoms with Crippen LogP contribution in [0.2, 0.25) is 0 Å². The lowest BCUT2D eigenvalue weighted by molar-refractivity contribution is 0.0284. The second kappa shape index (κ2) is 5.32. The van der Waals surface area contributed by atoms with E-state index >= 15 is 0 Å². The minimum atomic E-state index is -0.197. The van der Waals surface area contributed by atoms with Crippen LogP contribution in [0, 0.1) is 11.8 Å². The number of rotatable bonds is 3. The van der Waals surface area contributed by atoms with Gasteiger partial charge in [0.2, 0.25) is 0 Å². The number of nitrogen functional groups attached to an aromatic ring is 1. The van der Waals surface area contributed by atoms with Crippen LogP contribution in [0.5, 0.6) is 0 Å². The van der Waals surface area contributed by atoms with Crippen molar-refractivity contribution in [3.05, 3.63) is 34.9 Å². The number of fused-ring (bicyclic) bond motifs is 4. The summed E-state index contributed by atoms with van der Waals surface area (Å²) in [6, 6.07) is 6.80. The Morgan fingerprint density at radius 2 is 2.22 bits per heavy atom. The van der Waals surface area contributed by atoms with Crippen molar-refractivity contribution in [3.63, 3.8) is 0 Å². The number of benzene rings is 1. The number of nitrogens with two attached hydrogens (primary N) is 1. The number of carbonyl (C=O) groups excluding carboxylic acids is 1. The van der Waals surface area contributed by atoms with E-state index in [1.807, 2.05) is 6.07 Å². The first-order valence-electron chi connectivity index (χ1n) is 8.91. The molecule has 124 valence electrons. The molecule has 2 bridgehead atoms. The van der Waals surface area contributed by atoms with Gasteiger partial charge in [0, 0.05) is 18.2 Å². The molecule has 1 heterocycles. The molecular weight excluding hydrogens is 286 g/mol. The maximum absolute atomic E-state index is 11.9. The van der Waals surface area contributed by atoms with Crippen molar-refractivity contribution in [3.8, 4) is 0 Å². The third kappa shape index (κ3) is 2.39. The van der Waals surface area contributed by atoms with Gasteiger partial charge in [-0.05, 0) is 72.7 Å². The molecule has 3 atom stereocenters. The fraction of sp³-hybridized carbons (Fsp3) is 0.632. The first-order valence-corrected chi connectivity index (χ1v) is 8.91. The summed E-state index contributed by atoms with van der Waals surface area (Å²) in [6.07, 6.45) is 5.13. The molecule has 0 unspecified atom stereocenters. The summed E-state index contributed by atoms with van der Waals surface area (Å²) in [5.74, 6) is 6.68. The van der Waals surface area contributed by atoms with Gasteiger partial charge in [-0.15, -0.1) is 0 Å². The van der Waals surface area contributed by atoms with Crippen molar-refractivity contribution in [1.29, 1.82) is 0 Å². The van der Waals surface area contributed by atoms with Crippen molar-refractivity contribution >= 4 is 5.91 Å². The van der Waals surface area contributed by atoms with Crippen LogP contribution in [0.15, 0.2) is 18.2 Å². The van der Waals surface area contributed by atoms with E-state index < -0.39 is 0 Å². The summed E-state index contributed by atoms with van der Waals surface area (Å²) < 4.78 is 0. The third-order valence-corrected chi connectivity index (χ3v) is 6.71. The highest BCUT2D eigenvalue weighted by atomic mass is 16.2. The van der Waals surface area contributed by atoms with Gasteiger partial charge in [-0.1, -0.05) is 19.9 Å². The van der Waals surface area contributed by atoms with Crippen LogP contribution in [-0.2, 0) is 11.8 Å². The monoisotopic (exact) mass is 313 g/mol. The van der Waals surface area contributed by atoms with Crippen LogP contribution in [0.1, 0.15) is 54.6 Å². The molecule has 2 aliphatic carbocycles. The quantitative estimate of drug-likeness (QED) is 0.511. The van der Waals surface area contributed by atoms with Crippen LogP contribution in [-0.4, -0.2) is 29.9 Å². The largest absolute Gasteiger partial charge is 0.299 e. The molecule has 1 aliphatic heterocycles. The summed E-state index contributed by atoms with van der Waals surface area (Å²) >= 11 is 0. The lowest BCUT2D eigenvalue weighted by atomic mass is 9.59. The molecule has 3 aliphatic rings. The second-order valence-corrected chi connectivity index (χ2v) is 8.01. The van der Waals surface area contributed by atoms with E-state index in [1.165, 1.54) is 43.5 Å². The SMILES string of the molecule is C[C@H]1[C@H]2Cc3ccc(C(=O)NN)cc3[C@]1(C)CCN2CC1CC1. The number of nitrogens with zero attached hydrogens (tertiary/aromatic N) is 1. The highest BCUT2D eigenvalue weighted by molar-refractivity contribution is 5.94. The average Bonchev–Trinajstić information content (AvgIpc) is 3.36. The Hall–Kier alpha value is -1.39. The molecule has 0 spiro atoms. The second-order valence-electron chi connectivity index (χ2n) is 8.01. The normalized spacial score (nSPS) is 33.2. The van der Waals surface area contributed by atoms with Crippen LogP contribution >= 0.6 is 0 Å². The van der Waals surface area contributed by atoms with Crippen molar-refractivity contribution < 1.29 is 4.79 Å². The van der Waals surface area contributed by atoms with E-state index in [1.54, 1.807) is 0 Å². The first-order chi connectivity index (χ1) is 11.0. The van der Waals surface area contributed by atoms with Gasteiger partial charge in [0.05, 0.1) is 0 Å². The Morgan fingerprint density at radius 1 is 1.43 bits per heavy atom. The van der Waals surface area contributed by atoms with Gasteiger partial charge in [0.25, 0.3) is 5.91 Å². The predicted molar refractivity (Wildman–Crippen MR) is 91.0 cm³/mol. The van der Waals surface area contributed by atoms with Crippen LogP contribution < -0.4 is 11.3 Å². The van der Waals surface area contributed by atoms with Crippen molar-refractivity contribution in [2.45, 2.75) is 51.0 Å². The molecule has 0 aromatic heterocycles. The molecule has 2 fully saturated rings. The molecule has 1 aromatic carbocycles. The van der Waals surface area contributed by atoms with Gasteiger partial charge in [-0.3, -0.25) is 15.1 Å². The van der Waals surface area contributed by atoms with Gasteiger partial charge in [-0.2, -0.15) is 0 Å². The Balaban J connectivity index is 1.70. The zero-order valence-corrected chi connectivity index (χ0v) is 14.1. The first kappa shape index (κ1) is 15.2. The summed E-state index contributed by atoms with van der Waals surface area (Å²) in [5, 5.41) is 0. The third-order valence-electron chi connectivity index (χ3n) is 6.71. The zero-order valence-electron chi connectivity index (χ0n) is 14.1. The average molecular weight is 313 g/mol. The van der Waals surface area contributed by atoms with E-state index in [4.69, 9.17) is 5.84 Å². The smallest absolute Gasteiger partial charge is 0.265 e. The summed E-state index contributed by atoms with van der Waals surface area (Å²) in [7, 11) is 0. The Bertz CT molecular complexity index is 640. The number of likely N-dealkylation sites (tertiary alicyclic amines) is 1. The molecular formula is C19H27N3O. The summed E-state index contributed by atoms with van der Waals surface area (Å²) in [5.41, 5.74) is 5.89. The molecule has 1 saturated heterocycles. The highest BCUT2D eigenvalue weighted by Gasteiger charge is 2.49. The van der Waals surface area contributed by atoms with Crippen molar-refractivity contribution in [2.75, 3.05) is 13.1 Å². The van der Waals surface area contributed by atoms with Crippen LogP contribution in [0.3, 0.4) is 0 Å². The van der Waals surface area contributed by atoms with Gasteiger partial charge in [0.15, 0.2) is 0 Å². The maximum atomic E-state index is 11.9. The van der Waals surface area contributed by atoms with E-state index in [2.05, 4.69) is 36.3 Å². The highest BCUT2D eigenvalue weighted by Crippen LogP contribution is 2.49. The predicted octanol–water partition coefficient (Wildman–Crippen LogP) is 2.22. The molecule has 4 heteroatoms. The van der Waals surface area contributed by atoms with E-state index in [0.717, 1.165) is 12.3 Å². The number of piperidine rings is 1. The van der Waals surface area contributed by atoms with Gasteiger partial charge >= 0.3 is 0 Å². The summed E-state index contributed by atoms with van der Waals surface area (Å²) in [4.78, 5) is 14.6. The van der Waals surface area contributed by atoms with E-state index in [-0.39, 0.29) is 11.3 Å². The van der Waals surface area contributed by atoms with Gasteiger partial charge in [0.1, 0.15) is 0 Å². The lowest BCUT2D eigenvalue weighted by Crippen LogP contribution is -2.58. The number of hydrazine groups is 1. The topological polar surface area (TPSA) is 58.4 Å². The Morgan fingerprint density at radius 3 is 2.91 bits per heavy atom.